The van der Waals surface area contributed by atoms with Crippen molar-refractivity contribution >= 4 is 25.7 Å². The van der Waals surface area contributed by atoms with Crippen LogP contribution in [0.4, 0.5) is 0 Å². The van der Waals surface area contributed by atoms with E-state index in [2.05, 4.69) is 0 Å². The van der Waals surface area contributed by atoms with Gasteiger partial charge < -0.3 is 9.30 Å². The Labute approximate surface area is 105 Å². The van der Waals surface area contributed by atoms with E-state index in [1.54, 1.807) is 27.8 Å². The van der Waals surface area contributed by atoms with E-state index >= 15 is 0 Å². The van der Waals surface area contributed by atoms with Crippen molar-refractivity contribution in [1.29, 1.82) is 0 Å². The van der Waals surface area contributed by atoms with Gasteiger partial charge in [0.05, 0.1) is 0 Å². The quantitative estimate of drug-likeness (QED) is 0.613. The first-order valence-electron chi connectivity index (χ1n) is 4.85. The molecule has 0 saturated carbocycles. The molecular weight excluding hydrogens is 266 g/mol. The molecule has 1 rings (SSSR count). The van der Waals surface area contributed by atoms with Crippen molar-refractivity contribution in [2.45, 2.75) is 31.3 Å². The van der Waals surface area contributed by atoms with Gasteiger partial charge in [0.25, 0.3) is 9.05 Å². The van der Waals surface area contributed by atoms with Crippen LogP contribution in [0.5, 0.6) is 0 Å². The van der Waals surface area contributed by atoms with Crippen LogP contribution in [0, 0.1) is 0 Å². The van der Waals surface area contributed by atoms with Crippen molar-refractivity contribution in [3.8, 4) is 0 Å². The molecule has 1 aromatic rings. The summed E-state index contributed by atoms with van der Waals surface area (Å²) in [6.07, 6.45) is 1.27. The van der Waals surface area contributed by atoms with Crippen molar-refractivity contribution < 1.29 is 17.9 Å². The molecule has 0 aromatic carbocycles. The molecule has 1 heterocycles. The summed E-state index contributed by atoms with van der Waals surface area (Å²) in [6.45, 7) is 5.19. The first kappa shape index (κ1) is 14.1. The number of ether oxygens (including phenoxy) is 1. The standard InChI is InChI=1S/C10H14ClNO4S/c1-10(2,3)16-9(13)8-5-7(6-12(8)4)17(11,14)15/h5-6H,1-4H3. The Morgan fingerprint density at radius 1 is 1.41 bits per heavy atom. The van der Waals surface area contributed by atoms with Crippen LogP contribution in [0.25, 0.3) is 0 Å². The number of rotatable bonds is 2. The minimum atomic E-state index is -3.84. The molecule has 17 heavy (non-hydrogen) atoms. The van der Waals surface area contributed by atoms with E-state index in [1.807, 2.05) is 0 Å². The Balaban J connectivity index is 3.09. The topological polar surface area (TPSA) is 65.4 Å². The van der Waals surface area contributed by atoms with Crippen LogP contribution in [0.3, 0.4) is 0 Å². The Bertz CT molecular complexity index is 539. The molecule has 0 aliphatic heterocycles. The zero-order valence-corrected chi connectivity index (χ0v) is 11.6. The molecule has 5 nitrogen and oxygen atoms in total. The fourth-order valence-corrected chi connectivity index (χ4v) is 1.99. The molecule has 0 bridgehead atoms. The second-order valence-electron chi connectivity index (χ2n) is 4.61. The van der Waals surface area contributed by atoms with E-state index in [0.717, 1.165) is 0 Å². The van der Waals surface area contributed by atoms with Crippen LogP contribution in [0.1, 0.15) is 31.3 Å². The first-order valence-corrected chi connectivity index (χ1v) is 7.16. The summed E-state index contributed by atoms with van der Waals surface area (Å²) in [5.74, 6) is -0.591. The van der Waals surface area contributed by atoms with Gasteiger partial charge in [-0.3, -0.25) is 0 Å². The lowest BCUT2D eigenvalue weighted by atomic mass is 10.2. The van der Waals surface area contributed by atoms with Crippen LogP contribution >= 0.6 is 10.7 Å². The van der Waals surface area contributed by atoms with Crippen LogP contribution < -0.4 is 0 Å². The van der Waals surface area contributed by atoms with E-state index in [4.69, 9.17) is 15.4 Å². The molecule has 96 valence electrons. The molecule has 0 fully saturated rings. The van der Waals surface area contributed by atoms with Gasteiger partial charge in [-0.1, -0.05) is 0 Å². The van der Waals surface area contributed by atoms with Crippen LogP contribution in [-0.2, 0) is 20.8 Å². The number of aryl methyl sites for hydroxylation is 1. The maximum absolute atomic E-state index is 11.7. The third-order valence-electron chi connectivity index (χ3n) is 1.87. The number of hydrogen-bond acceptors (Lipinski definition) is 4. The Morgan fingerprint density at radius 2 is 1.94 bits per heavy atom. The molecule has 0 amide bonds. The van der Waals surface area contributed by atoms with Gasteiger partial charge in [-0.15, -0.1) is 0 Å². The largest absolute Gasteiger partial charge is 0.455 e. The van der Waals surface area contributed by atoms with Crippen molar-refractivity contribution in [3.05, 3.63) is 18.0 Å². The van der Waals surface area contributed by atoms with Gasteiger partial charge in [-0.05, 0) is 26.8 Å². The highest BCUT2D eigenvalue weighted by Crippen LogP contribution is 2.20. The van der Waals surface area contributed by atoms with Crippen molar-refractivity contribution in [1.82, 2.24) is 4.57 Å². The zero-order valence-electron chi connectivity index (χ0n) is 10.0. The minimum Gasteiger partial charge on any atom is -0.455 e. The maximum atomic E-state index is 11.7. The molecule has 0 saturated heterocycles. The Hall–Kier alpha value is -1.01. The van der Waals surface area contributed by atoms with E-state index < -0.39 is 20.6 Å². The number of halogens is 1. The first-order chi connectivity index (χ1) is 7.50. The molecule has 0 radical (unpaired) electrons. The third-order valence-corrected chi connectivity index (χ3v) is 3.19. The van der Waals surface area contributed by atoms with E-state index in [0.29, 0.717) is 0 Å². The van der Waals surface area contributed by atoms with E-state index in [1.165, 1.54) is 16.8 Å². The summed E-state index contributed by atoms with van der Waals surface area (Å²) < 4.78 is 28.7. The van der Waals surface area contributed by atoms with Crippen molar-refractivity contribution in [2.24, 2.45) is 7.05 Å². The highest BCUT2D eigenvalue weighted by Gasteiger charge is 2.23. The number of aromatic nitrogens is 1. The molecule has 0 atom stereocenters. The Kier molecular flexibility index (Phi) is 3.59. The zero-order chi connectivity index (χ0) is 13.4. The molecule has 0 unspecified atom stereocenters. The predicted octanol–water partition coefficient (Wildman–Crippen LogP) is 1.91. The normalized spacial score (nSPS) is 12.5. The smallest absolute Gasteiger partial charge is 0.355 e. The highest BCUT2D eigenvalue weighted by molar-refractivity contribution is 8.13. The number of carbonyl (C=O) groups is 1. The number of nitrogens with zero attached hydrogens (tertiary/aromatic N) is 1. The predicted molar refractivity (Wildman–Crippen MR) is 63.6 cm³/mol. The fourth-order valence-electron chi connectivity index (χ4n) is 1.20. The lowest BCUT2D eigenvalue weighted by molar-refractivity contribution is 0.00590. The SMILES string of the molecule is Cn1cc(S(=O)(=O)Cl)cc1C(=O)OC(C)(C)C. The average Bonchev–Trinajstić information content (AvgIpc) is 2.42. The summed E-state index contributed by atoms with van der Waals surface area (Å²) in [4.78, 5) is 11.6. The third kappa shape index (κ3) is 3.74. The van der Waals surface area contributed by atoms with Gasteiger partial charge in [-0.25, -0.2) is 13.2 Å². The lowest BCUT2D eigenvalue weighted by Gasteiger charge is -2.19. The highest BCUT2D eigenvalue weighted by atomic mass is 35.7. The van der Waals surface area contributed by atoms with Gasteiger partial charge in [-0.2, -0.15) is 0 Å². The van der Waals surface area contributed by atoms with Crippen LogP contribution in [-0.4, -0.2) is 24.6 Å². The number of hydrogen-bond donors (Lipinski definition) is 0. The summed E-state index contributed by atoms with van der Waals surface area (Å²) in [7, 11) is 2.90. The van der Waals surface area contributed by atoms with Gasteiger partial charge in [0.1, 0.15) is 16.2 Å². The summed E-state index contributed by atoms with van der Waals surface area (Å²) in [5, 5.41) is 0. The van der Waals surface area contributed by atoms with E-state index in [9.17, 15) is 13.2 Å². The van der Waals surface area contributed by atoms with Crippen molar-refractivity contribution in [3.63, 3.8) is 0 Å². The maximum Gasteiger partial charge on any atom is 0.355 e. The summed E-state index contributed by atoms with van der Waals surface area (Å²) >= 11 is 0. The molecule has 0 aliphatic rings. The Morgan fingerprint density at radius 3 is 2.29 bits per heavy atom. The monoisotopic (exact) mass is 279 g/mol. The van der Waals surface area contributed by atoms with E-state index in [-0.39, 0.29) is 10.6 Å². The fraction of sp³-hybridized carbons (Fsp3) is 0.500. The second-order valence-corrected chi connectivity index (χ2v) is 7.18. The van der Waals surface area contributed by atoms with Gasteiger partial charge >= 0.3 is 5.97 Å². The molecular formula is C10H14ClNO4S. The molecule has 0 spiro atoms. The molecule has 0 aliphatic carbocycles. The van der Waals surface area contributed by atoms with Gasteiger partial charge in [0.2, 0.25) is 0 Å². The average molecular weight is 280 g/mol. The summed E-state index contributed by atoms with van der Waals surface area (Å²) in [6, 6.07) is 1.19. The molecule has 0 N–H and O–H groups in total. The van der Waals surface area contributed by atoms with Crippen LogP contribution in [0.15, 0.2) is 17.2 Å². The molecule has 1 aromatic heterocycles. The summed E-state index contributed by atoms with van der Waals surface area (Å²) in [5.41, 5.74) is -0.499. The molecule has 7 heteroatoms. The minimum absolute atomic E-state index is 0.123. The van der Waals surface area contributed by atoms with Crippen LogP contribution in [0.2, 0.25) is 0 Å². The van der Waals surface area contributed by atoms with Gasteiger partial charge in [0.15, 0.2) is 0 Å². The number of carbonyl (C=O) groups excluding carboxylic acids is 1. The lowest BCUT2D eigenvalue weighted by Crippen LogP contribution is -2.25. The second kappa shape index (κ2) is 4.34. The number of esters is 1. The van der Waals surface area contributed by atoms with Crippen molar-refractivity contribution in [2.75, 3.05) is 0 Å². The van der Waals surface area contributed by atoms with Gasteiger partial charge in [0, 0.05) is 23.9 Å².